The molecule has 0 amide bonds. The molecule has 4 rings (SSSR count). The third-order valence-electron chi connectivity index (χ3n) is 9.37. The van der Waals surface area contributed by atoms with Gasteiger partial charge in [0.05, 0.1) is 6.10 Å². The third kappa shape index (κ3) is 3.30. The molecule has 0 heterocycles. The molecule has 2 nitrogen and oxygen atoms in total. The smallest absolute Gasteiger partial charge is 0.156 e. The summed E-state index contributed by atoms with van der Waals surface area (Å²) in [6.07, 6.45) is 15.5. The Morgan fingerprint density at radius 3 is 2.50 bits per heavy atom. The fraction of sp³-hybridized carbons (Fsp3) is 0.679. The molecule has 0 bridgehead atoms. The van der Waals surface area contributed by atoms with Crippen molar-refractivity contribution in [3.05, 3.63) is 47.1 Å². The highest BCUT2D eigenvalue weighted by molar-refractivity contribution is 5.92. The molecule has 0 radical (unpaired) electrons. The first-order chi connectivity index (χ1) is 14.1. The average Bonchev–Trinajstić information content (AvgIpc) is 2.97. The first kappa shape index (κ1) is 21.8. The van der Waals surface area contributed by atoms with Crippen molar-refractivity contribution in [1.82, 2.24) is 0 Å². The lowest BCUT2D eigenvalue weighted by Gasteiger charge is -2.51. The van der Waals surface area contributed by atoms with Gasteiger partial charge in [-0.2, -0.15) is 0 Å². The van der Waals surface area contributed by atoms with Crippen molar-refractivity contribution in [3.63, 3.8) is 0 Å². The van der Waals surface area contributed by atoms with Crippen LogP contribution in [0.5, 0.6) is 0 Å². The molecule has 0 aromatic heterocycles. The highest BCUT2D eigenvalue weighted by Gasteiger charge is 2.55. The number of fused-ring (bicyclic) bond motifs is 4. The summed E-state index contributed by atoms with van der Waals surface area (Å²) in [7, 11) is 0. The highest BCUT2D eigenvalue weighted by atomic mass is 16.3. The Morgan fingerprint density at radius 1 is 1.07 bits per heavy atom. The molecule has 0 aliphatic heterocycles. The second-order valence-corrected chi connectivity index (χ2v) is 11.4. The van der Waals surface area contributed by atoms with Crippen LogP contribution in [0.4, 0.5) is 0 Å². The fourth-order valence-corrected chi connectivity index (χ4v) is 6.93. The second-order valence-electron chi connectivity index (χ2n) is 11.4. The van der Waals surface area contributed by atoms with E-state index < -0.39 is 0 Å². The lowest BCUT2D eigenvalue weighted by atomic mass is 9.53. The molecule has 0 saturated heterocycles. The maximum absolute atomic E-state index is 12.0. The number of carbonyl (C=O) groups is 1. The van der Waals surface area contributed by atoms with Gasteiger partial charge in [0.1, 0.15) is 0 Å². The maximum atomic E-state index is 12.0. The summed E-state index contributed by atoms with van der Waals surface area (Å²) in [5.74, 6) is 2.89. The summed E-state index contributed by atoms with van der Waals surface area (Å²) in [4.78, 5) is 12.0. The van der Waals surface area contributed by atoms with Crippen molar-refractivity contribution >= 4 is 5.78 Å². The Balaban J connectivity index is 1.70. The Kier molecular flexibility index (Phi) is 5.54. The summed E-state index contributed by atoms with van der Waals surface area (Å²) in [5, 5.41) is 11.3. The SMILES string of the molecule is CC(C)[C@@H](C)C=C[C@@H](C)[C@H]1C[C@H](O)C2=C3C=CC4=CC(=O)CC[C@]4(C)[C@H]3CC[C@@]21C. The van der Waals surface area contributed by atoms with Crippen LogP contribution in [-0.2, 0) is 4.79 Å². The van der Waals surface area contributed by atoms with Crippen LogP contribution < -0.4 is 0 Å². The molecule has 0 aromatic carbocycles. The second kappa shape index (κ2) is 7.62. The molecule has 4 aliphatic carbocycles. The molecule has 30 heavy (non-hydrogen) atoms. The summed E-state index contributed by atoms with van der Waals surface area (Å²) in [6.45, 7) is 14.0. The van der Waals surface area contributed by atoms with Gasteiger partial charge in [-0.15, -0.1) is 0 Å². The number of hydrogen-bond acceptors (Lipinski definition) is 2. The molecule has 1 fully saturated rings. The van der Waals surface area contributed by atoms with Crippen molar-refractivity contribution < 1.29 is 9.90 Å². The number of aliphatic hydroxyl groups is 1. The van der Waals surface area contributed by atoms with E-state index in [1.165, 1.54) is 16.7 Å². The molecule has 7 atom stereocenters. The zero-order valence-corrected chi connectivity index (χ0v) is 19.7. The van der Waals surface area contributed by atoms with Crippen molar-refractivity contribution in [2.45, 2.75) is 79.8 Å². The van der Waals surface area contributed by atoms with Gasteiger partial charge in [0.15, 0.2) is 5.78 Å². The number of ketones is 1. The van der Waals surface area contributed by atoms with Gasteiger partial charge in [0.25, 0.3) is 0 Å². The standard InChI is InChI=1S/C28H40O2/c1-17(2)18(3)7-8-19(4)24-16-25(30)26-22-10-9-20-15-21(29)11-13-27(20,5)23(22)12-14-28(24,26)6/h7-10,15,17-19,23-25,30H,11-14,16H2,1-6H3/t18-,19+,23-,24+,25-,27-,28+/m0/s1. The Bertz CT molecular complexity index is 841. The van der Waals surface area contributed by atoms with E-state index in [2.05, 4.69) is 65.8 Å². The Morgan fingerprint density at radius 2 is 1.80 bits per heavy atom. The minimum Gasteiger partial charge on any atom is -0.389 e. The molecule has 0 unspecified atom stereocenters. The van der Waals surface area contributed by atoms with E-state index in [0.717, 1.165) is 25.7 Å². The molecule has 164 valence electrons. The van der Waals surface area contributed by atoms with E-state index in [1.807, 2.05) is 6.08 Å². The van der Waals surface area contributed by atoms with Gasteiger partial charge < -0.3 is 5.11 Å². The highest BCUT2D eigenvalue weighted by Crippen LogP contribution is 2.63. The van der Waals surface area contributed by atoms with E-state index >= 15 is 0 Å². The number of carbonyl (C=O) groups excluding carboxylic acids is 1. The van der Waals surface area contributed by atoms with Crippen LogP contribution in [0, 0.1) is 40.4 Å². The topological polar surface area (TPSA) is 37.3 Å². The van der Waals surface area contributed by atoms with Crippen molar-refractivity contribution in [3.8, 4) is 0 Å². The van der Waals surface area contributed by atoms with Gasteiger partial charge in [0.2, 0.25) is 0 Å². The van der Waals surface area contributed by atoms with Crippen LogP contribution in [0.3, 0.4) is 0 Å². The molecule has 1 N–H and O–H groups in total. The van der Waals surface area contributed by atoms with Gasteiger partial charge in [-0.25, -0.2) is 0 Å². The van der Waals surface area contributed by atoms with E-state index in [9.17, 15) is 9.90 Å². The zero-order valence-electron chi connectivity index (χ0n) is 19.7. The quantitative estimate of drug-likeness (QED) is 0.544. The largest absolute Gasteiger partial charge is 0.389 e. The third-order valence-corrected chi connectivity index (χ3v) is 9.37. The average molecular weight is 409 g/mol. The van der Waals surface area contributed by atoms with Gasteiger partial charge in [-0.05, 0) is 88.9 Å². The monoisotopic (exact) mass is 408 g/mol. The van der Waals surface area contributed by atoms with Gasteiger partial charge >= 0.3 is 0 Å². The van der Waals surface area contributed by atoms with Crippen molar-refractivity contribution in [2.75, 3.05) is 0 Å². The zero-order chi connectivity index (χ0) is 21.8. The van der Waals surface area contributed by atoms with Crippen LogP contribution in [0.1, 0.15) is 73.6 Å². The number of allylic oxidation sites excluding steroid dienone is 7. The summed E-state index contributed by atoms with van der Waals surface area (Å²) >= 11 is 0. The lowest BCUT2D eigenvalue weighted by Crippen LogP contribution is -2.42. The number of rotatable bonds is 4. The van der Waals surface area contributed by atoms with Crippen molar-refractivity contribution in [2.24, 2.45) is 40.4 Å². The Labute approximate surface area is 183 Å². The van der Waals surface area contributed by atoms with E-state index in [1.54, 1.807) is 0 Å². The normalized spacial score (nSPS) is 40.3. The minimum absolute atomic E-state index is 0.0440. The van der Waals surface area contributed by atoms with Gasteiger partial charge in [-0.3, -0.25) is 4.79 Å². The van der Waals surface area contributed by atoms with Crippen LogP contribution in [0.15, 0.2) is 47.1 Å². The molecular formula is C28H40O2. The van der Waals surface area contributed by atoms with E-state index in [0.29, 0.717) is 36.0 Å². The molecule has 4 aliphatic rings. The van der Waals surface area contributed by atoms with E-state index in [-0.39, 0.29) is 22.7 Å². The van der Waals surface area contributed by atoms with Crippen molar-refractivity contribution in [1.29, 1.82) is 0 Å². The molecular weight excluding hydrogens is 368 g/mol. The van der Waals surface area contributed by atoms with Gasteiger partial charge in [0, 0.05) is 6.42 Å². The molecule has 0 spiro atoms. The first-order valence-electron chi connectivity index (χ1n) is 12.1. The number of aliphatic hydroxyl groups excluding tert-OH is 1. The van der Waals surface area contributed by atoms with Crippen LogP contribution in [-0.4, -0.2) is 17.0 Å². The first-order valence-corrected chi connectivity index (χ1v) is 12.1. The molecule has 0 aromatic rings. The lowest BCUT2D eigenvalue weighted by molar-refractivity contribution is -0.116. The summed E-state index contributed by atoms with van der Waals surface area (Å²) in [5.41, 5.74) is 4.03. The number of hydrogen-bond donors (Lipinski definition) is 1. The van der Waals surface area contributed by atoms with Crippen LogP contribution in [0.2, 0.25) is 0 Å². The summed E-state index contributed by atoms with van der Waals surface area (Å²) in [6, 6.07) is 0. The summed E-state index contributed by atoms with van der Waals surface area (Å²) < 4.78 is 0. The minimum atomic E-state index is -0.333. The fourth-order valence-electron chi connectivity index (χ4n) is 6.93. The molecule has 1 saturated carbocycles. The predicted octanol–water partition coefficient (Wildman–Crippen LogP) is 6.43. The predicted molar refractivity (Wildman–Crippen MR) is 124 cm³/mol. The van der Waals surface area contributed by atoms with Crippen LogP contribution >= 0.6 is 0 Å². The maximum Gasteiger partial charge on any atom is 0.156 e. The van der Waals surface area contributed by atoms with Crippen LogP contribution in [0.25, 0.3) is 0 Å². The van der Waals surface area contributed by atoms with Gasteiger partial charge in [-0.1, -0.05) is 65.8 Å². The Hall–Kier alpha value is -1.41. The molecule has 2 heteroatoms. The van der Waals surface area contributed by atoms with E-state index in [4.69, 9.17) is 0 Å².